The van der Waals surface area contributed by atoms with Crippen LogP contribution in [0.5, 0.6) is 5.75 Å². The molecule has 0 aliphatic carbocycles. The molecule has 3 rings (SSSR count). The molecule has 0 saturated heterocycles. The third-order valence-corrected chi connectivity index (χ3v) is 3.21. The summed E-state index contributed by atoms with van der Waals surface area (Å²) < 4.78 is 5.72. The molecule has 0 aliphatic rings. The first kappa shape index (κ1) is 13.2. The van der Waals surface area contributed by atoms with E-state index in [9.17, 15) is 4.79 Å². The van der Waals surface area contributed by atoms with Crippen LogP contribution in [0.25, 0.3) is 10.9 Å². The number of hydrogen-bond donors (Lipinski definition) is 2. The second-order valence-corrected chi connectivity index (χ2v) is 4.63. The summed E-state index contributed by atoms with van der Waals surface area (Å²) in [4.78, 5) is 15.2. The third-order valence-electron chi connectivity index (χ3n) is 3.21. The van der Waals surface area contributed by atoms with Gasteiger partial charge in [-0.1, -0.05) is 30.3 Å². The summed E-state index contributed by atoms with van der Waals surface area (Å²) in [6.45, 7) is 2.40. The predicted molar refractivity (Wildman–Crippen MR) is 85.5 cm³/mol. The molecule has 0 fully saturated rings. The van der Waals surface area contributed by atoms with Gasteiger partial charge in [-0.3, -0.25) is 4.79 Å². The first-order valence-corrected chi connectivity index (χ1v) is 6.89. The average Bonchev–Trinajstić information content (AvgIpc) is 2.52. The van der Waals surface area contributed by atoms with Crippen LogP contribution in [0.1, 0.15) is 6.92 Å². The zero-order chi connectivity index (χ0) is 14.7. The largest absolute Gasteiger partial charge is 0.491 e. The molecule has 4 nitrogen and oxygen atoms in total. The minimum atomic E-state index is -0.194. The monoisotopic (exact) mass is 280 g/mol. The van der Waals surface area contributed by atoms with Crippen LogP contribution in [0.3, 0.4) is 0 Å². The van der Waals surface area contributed by atoms with Gasteiger partial charge in [0, 0.05) is 11.1 Å². The molecule has 0 atom stereocenters. The van der Waals surface area contributed by atoms with Gasteiger partial charge in [-0.25, -0.2) is 0 Å². The molecule has 0 bridgehead atoms. The van der Waals surface area contributed by atoms with Crippen LogP contribution >= 0.6 is 0 Å². The molecule has 0 amide bonds. The number of fused-ring (bicyclic) bond motifs is 1. The van der Waals surface area contributed by atoms with E-state index in [0.29, 0.717) is 18.0 Å². The Bertz CT molecular complexity index is 810. The Morgan fingerprint density at radius 3 is 2.52 bits per heavy atom. The van der Waals surface area contributed by atoms with Crippen molar-refractivity contribution in [2.75, 3.05) is 11.9 Å². The summed E-state index contributed by atoms with van der Waals surface area (Å²) in [6.07, 6.45) is 0. The van der Waals surface area contributed by atoms with Crippen molar-refractivity contribution in [3.8, 4) is 5.75 Å². The molecule has 0 spiro atoms. The molecule has 4 heteroatoms. The van der Waals surface area contributed by atoms with Gasteiger partial charge in [0.2, 0.25) is 0 Å². The first-order valence-electron chi connectivity index (χ1n) is 6.89. The number of ether oxygens (including phenoxy) is 1. The van der Waals surface area contributed by atoms with Crippen molar-refractivity contribution in [2.24, 2.45) is 0 Å². The Morgan fingerprint density at radius 2 is 1.76 bits per heavy atom. The van der Waals surface area contributed by atoms with Crippen LogP contribution in [0.15, 0.2) is 59.4 Å². The van der Waals surface area contributed by atoms with Crippen molar-refractivity contribution in [3.63, 3.8) is 0 Å². The van der Waals surface area contributed by atoms with Gasteiger partial charge in [-0.05, 0) is 31.2 Å². The summed E-state index contributed by atoms with van der Waals surface area (Å²) in [5.74, 6) is 0.584. The summed E-state index contributed by atoms with van der Waals surface area (Å²) in [6, 6.07) is 17.2. The lowest BCUT2D eigenvalue weighted by atomic mass is 10.2. The molecule has 2 N–H and O–H groups in total. The maximum Gasteiger partial charge on any atom is 0.276 e. The molecule has 2 aromatic carbocycles. The molecule has 1 heterocycles. The fourth-order valence-corrected chi connectivity index (χ4v) is 2.29. The number of rotatable bonds is 4. The highest BCUT2D eigenvalue weighted by Crippen LogP contribution is 2.31. The fraction of sp³-hybridized carbons (Fsp3) is 0.118. The van der Waals surface area contributed by atoms with E-state index in [2.05, 4.69) is 10.3 Å². The summed E-state index contributed by atoms with van der Waals surface area (Å²) in [5, 5.41) is 4.04. The number of nitrogens with one attached hydrogen (secondary N) is 2. The highest BCUT2D eigenvalue weighted by Gasteiger charge is 2.13. The van der Waals surface area contributed by atoms with Gasteiger partial charge in [0.05, 0.1) is 12.1 Å². The first-order chi connectivity index (χ1) is 10.3. The quantitative estimate of drug-likeness (QED) is 0.766. The Kier molecular flexibility index (Phi) is 3.60. The fourth-order valence-electron chi connectivity index (χ4n) is 2.29. The molecule has 0 aliphatic heterocycles. The lowest BCUT2D eigenvalue weighted by molar-refractivity contribution is 0.345. The van der Waals surface area contributed by atoms with Crippen LogP contribution in [-0.2, 0) is 0 Å². The van der Waals surface area contributed by atoms with Crippen molar-refractivity contribution in [3.05, 3.63) is 65.0 Å². The van der Waals surface area contributed by atoms with Crippen LogP contribution in [-0.4, -0.2) is 11.6 Å². The van der Waals surface area contributed by atoms with Gasteiger partial charge < -0.3 is 15.0 Å². The summed E-state index contributed by atoms with van der Waals surface area (Å²) in [7, 11) is 0. The van der Waals surface area contributed by atoms with Crippen LogP contribution in [0.4, 0.5) is 11.4 Å². The zero-order valence-electron chi connectivity index (χ0n) is 11.7. The maximum absolute atomic E-state index is 12.3. The smallest absolute Gasteiger partial charge is 0.276 e. The van der Waals surface area contributed by atoms with E-state index in [0.717, 1.165) is 16.6 Å². The predicted octanol–water partition coefficient (Wildman–Crippen LogP) is 3.67. The molecular formula is C17H16N2O2. The van der Waals surface area contributed by atoms with Gasteiger partial charge in [-0.2, -0.15) is 0 Å². The van der Waals surface area contributed by atoms with Crippen molar-refractivity contribution in [1.29, 1.82) is 0 Å². The third kappa shape index (κ3) is 2.60. The van der Waals surface area contributed by atoms with Gasteiger partial charge in [0.25, 0.3) is 5.56 Å². The number of H-pyrrole nitrogens is 1. The number of pyridine rings is 1. The maximum atomic E-state index is 12.3. The Hall–Kier alpha value is -2.75. The Labute approximate surface area is 122 Å². The van der Waals surface area contributed by atoms with E-state index in [-0.39, 0.29) is 5.56 Å². The molecule has 21 heavy (non-hydrogen) atoms. The molecular weight excluding hydrogens is 264 g/mol. The van der Waals surface area contributed by atoms with E-state index < -0.39 is 0 Å². The van der Waals surface area contributed by atoms with E-state index in [1.165, 1.54) is 0 Å². The Balaban J connectivity index is 2.18. The van der Waals surface area contributed by atoms with E-state index in [1.54, 1.807) is 0 Å². The Morgan fingerprint density at radius 1 is 1.05 bits per heavy atom. The van der Waals surface area contributed by atoms with Crippen molar-refractivity contribution in [2.45, 2.75) is 6.92 Å². The second kappa shape index (κ2) is 5.71. The number of para-hydroxylation sites is 2. The zero-order valence-corrected chi connectivity index (χ0v) is 11.7. The summed E-state index contributed by atoms with van der Waals surface area (Å²) >= 11 is 0. The number of anilines is 2. The molecule has 106 valence electrons. The highest BCUT2D eigenvalue weighted by atomic mass is 16.5. The number of hydrogen-bond acceptors (Lipinski definition) is 3. The molecule has 0 saturated carbocycles. The van der Waals surface area contributed by atoms with Crippen LogP contribution < -0.4 is 15.6 Å². The molecule has 3 aromatic rings. The molecule has 0 radical (unpaired) electrons. The van der Waals surface area contributed by atoms with E-state index in [4.69, 9.17) is 4.74 Å². The average molecular weight is 280 g/mol. The van der Waals surface area contributed by atoms with E-state index >= 15 is 0 Å². The summed E-state index contributed by atoms with van der Waals surface area (Å²) in [5.41, 5.74) is 1.85. The van der Waals surface area contributed by atoms with Crippen molar-refractivity contribution < 1.29 is 4.74 Å². The standard InChI is InChI=1S/C17H16N2O2/c1-2-21-16-13-10-6-7-11-14(13)19-17(20)15(16)18-12-8-4-3-5-9-12/h3-11,18H,2H2,1H3,(H,19,20). The number of aromatic nitrogens is 1. The molecule has 1 aromatic heterocycles. The molecule has 0 unspecified atom stereocenters. The number of benzene rings is 2. The van der Waals surface area contributed by atoms with E-state index in [1.807, 2.05) is 61.5 Å². The topological polar surface area (TPSA) is 54.1 Å². The second-order valence-electron chi connectivity index (χ2n) is 4.63. The van der Waals surface area contributed by atoms with Crippen LogP contribution in [0.2, 0.25) is 0 Å². The van der Waals surface area contributed by atoms with Gasteiger partial charge in [0.1, 0.15) is 5.69 Å². The van der Waals surface area contributed by atoms with Gasteiger partial charge in [-0.15, -0.1) is 0 Å². The highest BCUT2D eigenvalue weighted by molar-refractivity contribution is 5.91. The van der Waals surface area contributed by atoms with Crippen LogP contribution in [0, 0.1) is 0 Å². The number of aromatic amines is 1. The normalized spacial score (nSPS) is 10.5. The SMILES string of the molecule is CCOc1c(Nc2ccccc2)c(=O)[nH]c2ccccc12. The lowest BCUT2D eigenvalue weighted by Gasteiger charge is -2.14. The minimum absolute atomic E-state index is 0.194. The lowest BCUT2D eigenvalue weighted by Crippen LogP contribution is -2.14. The van der Waals surface area contributed by atoms with Gasteiger partial charge in [0.15, 0.2) is 5.75 Å². The minimum Gasteiger partial charge on any atom is -0.491 e. The van der Waals surface area contributed by atoms with Gasteiger partial charge >= 0.3 is 0 Å². The van der Waals surface area contributed by atoms with Crippen molar-refractivity contribution >= 4 is 22.3 Å². The van der Waals surface area contributed by atoms with Crippen molar-refractivity contribution in [1.82, 2.24) is 4.98 Å².